The number of amides is 2. The van der Waals surface area contributed by atoms with Crippen LogP contribution in [-0.4, -0.2) is 49.0 Å². The summed E-state index contributed by atoms with van der Waals surface area (Å²) >= 11 is 0. The van der Waals surface area contributed by atoms with E-state index < -0.39 is 11.9 Å². The fraction of sp³-hybridized carbons (Fsp3) is 0.357. The summed E-state index contributed by atoms with van der Waals surface area (Å²) in [7, 11) is 3.08. The van der Waals surface area contributed by atoms with E-state index in [0.29, 0.717) is 6.54 Å². The molecule has 0 aliphatic heterocycles. The highest BCUT2D eigenvalue weighted by Gasteiger charge is 2.24. The van der Waals surface area contributed by atoms with Crippen LogP contribution >= 0.6 is 0 Å². The smallest absolute Gasteiger partial charge is 0.357 e. The van der Waals surface area contributed by atoms with Crippen molar-refractivity contribution >= 4 is 23.5 Å². The van der Waals surface area contributed by atoms with Gasteiger partial charge in [-0.3, -0.25) is 19.0 Å². The van der Waals surface area contributed by atoms with Crippen LogP contribution in [0.1, 0.15) is 44.7 Å². The van der Waals surface area contributed by atoms with Crippen molar-refractivity contribution in [2.75, 3.05) is 11.9 Å². The minimum absolute atomic E-state index is 0.103. The van der Waals surface area contributed by atoms with Crippen molar-refractivity contribution in [3.63, 3.8) is 0 Å². The van der Waals surface area contributed by atoms with E-state index in [2.05, 4.69) is 20.8 Å². The van der Waals surface area contributed by atoms with Gasteiger partial charge < -0.3 is 15.7 Å². The topological polar surface area (TPSA) is 131 Å². The molecule has 24 heavy (non-hydrogen) atoms. The molecule has 2 heterocycles. The summed E-state index contributed by atoms with van der Waals surface area (Å²) in [5.41, 5.74) is -0.0986. The summed E-state index contributed by atoms with van der Waals surface area (Å²) in [6.07, 6.45) is 3.39. The van der Waals surface area contributed by atoms with Gasteiger partial charge in [-0.1, -0.05) is 6.92 Å². The first-order chi connectivity index (χ1) is 11.3. The van der Waals surface area contributed by atoms with Gasteiger partial charge in [-0.05, 0) is 6.42 Å². The molecule has 3 N–H and O–H groups in total. The summed E-state index contributed by atoms with van der Waals surface area (Å²) in [5.74, 6) is -2.37. The fourth-order valence-electron chi connectivity index (χ4n) is 2.12. The third-order valence-corrected chi connectivity index (χ3v) is 3.21. The zero-order chi connectivity index (χ0) is 17.9. The molecule has 2 amide bonds. The Bertz CT molecular complexity index is 791. The molecule has 10 nitrogen and oxygen atoms in total. The lowest BCUT2D eigenvalue weighted by molar-refractivity contribution is 0.0685. The third kappa shape index (κ3) is 3.42. The number of carboxylic acid groups (broad SMARTS) is 1. The zero-order valence-electron chi connectivity index (χ0n) is 13.5. The van der Waals surface area contributed by atoms with Gasteiger partial charge in [0.25, 0.3) is 11.8 Å². The normalized spacial score (nSPS) is 10.5. The van der Waals surface area contributed by atoms with Crippen LogP contribution in [0.4, 0.5) is 5.69 Å². The van der Waals surface area contributed by atoms with Crippen LogP contribution in [0, 0.1) is 0 Å². The Hall–Kier alpha value is -3.17. The predicted molar refractivity (Wildman–Crippen MR) is 84.0 cm³/mol. The Morgan fingerprint density at radius 3 is 2.58 bits per heavy atom. The second-order valence-corrected chi connectivity index (χ2v) is 5.11. The third-order valence-electron chi connectivity index (χ3n) is 3.21. The lowest BCUT2D eigenvalue weighted by Gasteiger charge is -2.08. The fourth-order valence-corrected chi connectivity index (χ4v) is 2.12. The monoisotopic (exact) mass is 334 g/mol. The highest BCUT2D eigenvalue weighted by molar-refractivity contribution is 6.12. The lowest BCUT2D eigenvalue weighted by Crippen LogP contribution is -2.27. The molecule has 0 saturated carbocycles. The highest BCUT2D eigenvalue weighted by atomic mass is 16.4. The van der Waals surface area contributed by atoms with Crippen molar-refractivity contribution in [2.45, 2.75) is 13.3 Å². The SMILES string of the molecule is CCCNC(=O)c1c(NC(=O)c2cn(C)nc2C(=O)O)cnn1C. The second-order valence-electron chi connectivity index (χ2n) is 5.11. The first-order valence-electron chi connectivity index (χ1n) is 7.23. The summed E-state index contributed by atoms with van der Waals surface area (Å²) in [4.78, 5) is 35.7. The number of nitrogens with one attached hydrogen (secondary N) is 2. The van der Waals surface area contributed by atoms with Crippen LogP contribution in [0.2, 0.25) is 0 Å². The number of aromatic carboxylic acids is 1. The maximum Gasteiger partial charge on any atom is 0.357 e. The number of aryl methyl sites for hydroxylation is 2. The van der Waals surface area contributed by atoms with Crippen LogP contribution in [0.5, 0.6) is 0 Å². The van der Waals surface area contributed by atoms with Gasteiger partial charge in [-0.2, -0.15) is 10.2 Å². The molecule has 0 aliphatic carbocycles. The van der Waals surface area contributed by atoms with E-state index >= 15 is 0 Å². The van der Waals surface area contributed by atoms with Gasteiger partial charge in [-0.25, -0.2) is 4.79 Å². The van der Waals surface area contributed by atoms with Crippen molar-refractivity contribution in [3.8, 4) is 0 Å². The molecule has 2 aromatic heterocycles. The molecule has 0 aliphatic rings. The van der Waals surface area contributed by atoms with Crippen molar-refractivity contribution in [2.24, 2.45) is 14.1 Å². The molecule has 0 saturated heterocycles. The Morgan fingerprint density at radius 1 is 1.25 bits per heavy atom. The van der Waals surface area contributed by atoms with Gasteiger partial charge >= 0.3 is 5.97 Å². The lowest BCUT2D eigenvalue weighted by atomic mass is 10.2. The molecular formula is C14H18N6O4. The molecule has 0 radical (unpaired) electrons. The second kappa shape index (κ2) is 6.94. The number of carboxylic acids is 1. The molecule has 0 fully saturated rings. The van der Waals surface area contributed by atoms with E-state index in [1.807, 2.05) is 6.92 Å². The number of anilines is 1. The van der Waals surface area contributed by atoms with Gasteiger partial charge in [0.1, 0.15) is 5.69 Å². The Balaban J connectivity index is 2.27. The van der Waals surface area contributed by atoms with E-state index in [0.717, 1.165) is 6.42 Å². The number of carbonyl (C=O) groups excluding carboxylic acids is 2. The number of rotatable bonds is 6. The zero-order valence-corrected chi connectivity index (χ0v) is 13.5. The van der Waals surface area contributed by atoms with Gasteiger partial charge in [0.05, 0.1) is 17.4 Å². The average Bonchev–Trinajstić information content (AvgIpc) is 3.08. The molecule has 0 unspecified atom stereocenters. The number of nitrogens with zero attached hydrogens (tertiary/aromatic N) is 4. The Morgan fingerprint density at radius 2 is 1.96 bits per heavy atom. The van der Waals surface area contributed by atoms with Gasteiger partial charge in [-0.15, -0.1) is 0 Å². The number of carbonyl (C=O) groups is 3. The largest absolute Gasteiger partial charge is 0.476 e. The maximum atomic E-state index is 12.4. The summed E-state index contributed by atoms with van der Waals surface area (Å²) in [6, 6.07) is 0. The quantitative estimate of drug-likeness (QED) is 0.693. The van der Waals surface area contributed by atoms with Gasteiger partial charge in [0.15, 0.2) is 5.69 Å². The molecule has 0 bridgehead atoms. The van der Waals surface area contributed by atoms with Crippen LogP contribution in [0.25, 0.3) is 0 Å². The van der Waals surface area contributed by atoms with E-state index in [1.54, 1.807) is 7.05 Å². The molecule has 10 heteroatoms. The van der Waals surface area contributed by atoms with Crippen LogP contribution in [0.3, 0.4) is 0 Å². The summed E-state index contributed by atoms with van der Waals surface area (Å²) in [5, 5.41) is 22.0. The van der Waals surface area contributed by atoms with Crippen molar-refractivity contribution in [1.29, 1.82) is 0 Å². The molecule has 128 valence electrons. The van der Waals surface area contributed by atoms with E-state index in [9.17, 15) is 14.4 Å². The van der Waals surface area contributed by atoms with Crippen molar-refractivity contribution < 1.29 is 19.5 Å². The average molecular weight is 334 g/mol. The van der Waals surface area contributed by atoms with Crippen LogP contribution in [-0.2, 0) is 14.1 Å². The van der Waals surface area contributed by atoms with Crippen molar-refractivity contribution in [3.05, 3.63) is 29.3 Å². The summed E-state index contributed by atoms with van der Waals surface area (Å²) in [6.45, 7) is 2.41. The highest BCUT2D eigenvalue weighted by Crippen LogP contribution is 2.16. The van der Waals surface area contributed by atoms with Crippen LogP contribution in [0.15, 0.2) is 12.4 Å². The first-order valence-corrected chi connectivity index (χ1v) is 7.23. The number of hydrogen-bond donors (Lipinski definition) is 3. The molecule has 0 atom stereocenters. The standard InChI is InChI=1S/C14H18N6O4/c1-4-5-15-13(22)11-9(6-16-20(11)3)17-12(21)8-7-19(2)18-10(8)14(23)24/h6-7H,4-5H2,1-3H3,(H,15,22)(H,17,21)(H,23,24). The Labute approximate surface area is 137 Å². The predicted octanol–water partition coefficient (Wildman–Crippen LogP) is 0.244. The van der Waals surface area contributed by atoms with Gasteiger partial charge in [0, 0.05) is 26.8 Å². The molecule has 2 rings (SSSR count). The molecule has 0 spiro atoms. The van der Waals surface area contributed by atoms with Crippen molar-refractivity contribution in [1.82, 2.24) is 24.9 Å². The van der Waals surface area contributed by atoms with Gasteiger partial charge in [0.2, 0.25) is 0 Å². The molecular weight excluding hydrogens is 316 g/mol. The molecule has 2 aromatic rings. The minimum Gasteiger partial charge on any atom is -0.476 e. The molecule has 0 aromatic carbocycles. The van der Waals surface area contributed by atoms with Crippen LogP contribution < -0.4 is 10.6 Å². The minimum atomic E-state index is -1.31. The summed E-state index contributed by atoms with van der Waals surface area (Å²) < 4.78 is 2.57. The Kier molecular flexibility index (Phi) is 4.97. The van der Waals surface area contributed by atoms with E-state index in [-0.39, 0.29) is 28.5 Å². The van der Waals surface area contributed by atoms with E-state index in [1.165, 1.54) is 28.8 Å². The van der Waals surface area contributed by atoms with E-state index in [4.69, 9.17) is 5.11 Å². The number of hydrogen-bond acceptors (Lipinski definition) is 5. The maximum absolute atomic E-state index is 12.4. The number of aromatic nitrogens is 4. The first kappa shape index (κ1) is 17.2.